The highest BCUT2D eigenvalue weighted by molar-refractivity contribution is 5.91. The second kappa shape index (κ2) is 7.08. The fourth-order valence-electron chi connectivity index (χ4n) is 2.19. The number of ether oxygens (including phenoxy) is 2. The number of rotatable bonds is 5. The Morgan fingerprint density at radius 2 is 2.10 bits per heavy atom. The molecule has 0 atom stereocenters. The first-order valence-electron chi connectivity index (χ1n) is 6.90. The lowest BCUT2D eigenvalue weighted by Crippen LogP contribution is -2.41. The molecular weight excluding hydrogens is 274 g/mol. The molecule has 6 nitrogen and oxygen atoms in total. The molecule has 1 saturated heterocycles. The van der Waals surface area contributed by atoms with E-state index in [1.807, 2.05) is 0 Å². The number of carbonyl (C=O) groups is 2. The van der Waals surface area contributed by atoms with Gasteiger partial charge in [0.25, 0.3) is 5.91 Å². The summed E-state index contributed by atoms with van der Waals surface area (Å²) in [5.41, 5.74) is 0.889. The SMILES string of the molecule is Cc1ccc(OCC(=O)NC2CCOCC2)c(C(=O)O)c1. The van der Waals surface area contributed by atoms with Crippen molar-refractivity contribution in [3.05, 3.63) is 29.3 Å². The van der Waals surface area contributed by atoms with Gasteiger partial charge in [-0.05, 0) is 31.9 Å². The van der Waals surface area contributed by atoms with Crippen molar-refractivity contribution < 1.29 is 24.2 Å². The van der Waals surface area contributed by atoms with Gasteiger partial charge in [0.05, 0.1) is 0 Å². The Morgan fingerprint density at radius 1 is 1.38 bits per heavy atom. The summed E-state index contributed by atoms with van der Waals surface area (Å²) in [4.78, 5) is 22.9. The van der Waals surface area contributed by atoms with Gasteiger partial charge in [-0.3, -0.25) is 4.79 Å². The van der Waals surface area contributed by atoms with E-state index in [2.05, 4.69) is 5.32 Å². The largest absolute Gasteiger partial charge is 0.483 e. The highest BCUT2D eigenvalue weighted by atomic mass is 16.5. The van der Waals surface area contributed by atoms with Gasteiger partial charge in [0, 0.05) is 19.3 Å². The summed E-state index contributed by atoms with van der Waals surface area (Å²) in [6, 6.07) is 4.94. The van der Waals surface area contributed by atoms with Crippen molar-refractivity contribution in [3.8, 4) is 5.75 Å². The number of carbonyl (C=O) groups excluding carboxylic acids is 1. The first-order chi connectivity index (χ1) is 10.1. The maximum absolute atomic E-state index is 11.8. The van der Waals surface area contributed by atoms with Crippen molar-refractivity contribution in [2.45, 2.75) is 25.8 Å². The lowest BCUT2D eigenvalue weighted by molar-refractivity contribution is -0.124. The van der Waals surface area contributed by atoms with E-state index >= 15 is 0 Å². The number of aromatic carboxylic acids is 1. The van der Waals surface area contributed by atoms with E-state index < -0.39 is 5.97 Å². The summed E-state index contributed by atoms with van der Waals surface area (Å²) >= 11 is 0. The number of nitrogens with one attached hydrogen (secondary N) is 1. The van der Waals surface area contributed by atoms with Crippen LogP contribution >= 0.6 is 0 Å². The van der Waals surface area contributed by atoms with E-state index in [-0.39, 0.29) is 29.9 Å². The highest BCUT2D eigenvalue weighted by Gasteiger charge is 2.17. The standard InChI is InChI=1S/C15H19NO5/c1-10-2-3-13(12(8-10)15(18)19)21-9-14(17)16-11-4-6-20-7-5-11/h2-3,8,11H,4-7,9H2,1H3,(H,16,17)(H,18,19). The summed E-state index contributed by atoms with van der Waals surface area (Å²) in [7, 11) is 0. The lowest BCUT2D eigenvalue weighted by atomic mass is 10.1. The molecule has 0 spiro atoms. The number of amides is 1. The van der Waals surface area contributed by atoms with Gasteiger partial charge in [0.15, 0.2) is 6.61 Å². The molecule has 0 radical (unpaired) electrons. The summed E-state index contributed by atoms with van der Waals surface area (Å²) in [6.07, 6.45) is 1.58. The molecule has 1 aromatic rings. The van der Waals surface area contributed by atoms with Gasteiger partial charge in [-0.25, -0.2) is 4.79 Å². The fraction of sp³-hybridized carbons (Fsp3) is 0.467. The van der Waals surface area contributed by atoms with Crippen LogP contribution in [0.5, 0.6) is 5.75 Å². The first kappa shape index (κ1) is 15.3. The normalized spacial score (nSPS) is 15.5. The lowest BCUT2D eigenvalue weighted by Gasteiger charge is -2.23. The average Bonchev–Trinajstić information content (AvgIpc) is 2.47. The van der Waals surface area contributed by atoms with Crippen LogP contribution in [0.3, 0.4) is 0 Å². The molecule has 114 valence electrons. The molecule has 0 saturated carbocycles. The fourth-order valence-corrected chi connectivity index (χ4v) is 2.19. The van der Waals surface area contributed by atoms with Crippen LogP contribution in [0.2, 0.25) is 0 Å². The third-order valence-electron chi connectivity index (χ3n) is 3.31. The van der Waals surface area contributed by atoms with Crippen LogP contribution in [0.1, 0.15) is 28.8 Å². The van der Waals surface area contributed by atoms with Crippen LogP contribution in [-0.2, 0) is 9.53 Å². The molecular formula is C15H19NO5. The minimum absolute atomic E-state index is 0.0638. The maximum Gasteiger partial charge on any atom is 0.339 e. The molecule has 1 aliphatic rings. The van der Waals surface area contributed by atoms with Gasteiger partial charge in [-0.15, -0.1) is 0 Å². The quantitative estimate of drug-likeness (QED) is 0.856. The summed E-state index contributed by atoms with van der Waals surface area (Å²) in [5.74, 6) is -1.12. The molecule has 1 fully saturated rings. The molecule has 0 bridgehead atoms. The minimum atomic E-state index is -1.07. The maximum atomic E-state index is 11.8. The van der Waals surface area contributed by atoms with Gasteiger partial charge in [0.2, 0.25) is 0 Å². The number of hydrogen-bond acceptors (Lipinski definition) is 4. The third kappa shape index (κ3) is 4.46. The number of hydrogen-bond donors (Lipinski definition) is 2. The molecule has 21 heavy (non-hydrogen) atoms. The van der Waals surface area contributed by atoms with Crippen molar-refractivity contribution in [3.63, 3.8) is 0 Å². The van der Waals surface area contributed by atoms with Crippen molar-refractivity contribution in [2.75, 3.05) is 19.8 Å². The highest BCUT2D eigenvalue weighted by Crippen LogP contribution is 2.20. The van der Waals surface area contributed by atoms with Gasteiger partial charge < -0.3 is 19.9 Å². The van der Waals surface area contributed by atoms with Crippen molar-refractivity contribution in [1.82, 2.24) is 5.32 Å². The molecule has 0 aromatic heterocycles. The number of aryl methyl sites for hydroxylation is 1. The molecule has 1 aromatic carbocycles. The van der Waals surface area contributed by atoms with Crippen molar-refractivity contribution in [1.29, 1.82) is 0 Å². The summed E-state index contributed by atoms with van der Waals surface area (Å²) < 4.78 is 10.5. The summed E-state index contributed by atoms with van der Waals surface area (Å²) in [6.45, 7) is 2.90. The Hall–Kier alpha value is -2.08. The zero-order chi connectivity index (χ0) is 15.2. The predicted octanol–water partition coefficient (Wildman–Crippen LogP) is 1.37. The zero-order valence-corrected chi connectivity index (χ0v) is 11.9. The Balaban J connectivity index is 1.90. The van der Waals surface area contributed by atoms with Crippen LogP contribution in [0.25, 0.3) is 0 Å². The van der Waals surface area contributed by atoms with E-state index in [0.717, 1.165) is 18.4 Å². The van der Waals surface area contributed by atoms with Gasteiger partial charge >= 0.3 is 5.97 Å². The van der Waals surface area contributed by atoms with E-state index in [1.54, 1.807) is 19.1 Å². The summed E-state index contributed by atoms with van der Waals surface area (Å²) in [5, 5.41) is 12.0. The van der Waals surface area contributed by atoms with Gasteiger partial charge in [-0.1, -0.05) is 11.6 Å². The molecule has 1 heterocycles. The topological polar surface area (TPSA) is 84.9 Å². The molecule has 1 amide bonds. The Morgan fingerprint density at radius 3 is 2.76 bits per heavy atom. The van der Waals surface area contributed by atoms with Crippen LogP contribution in [0.15, 0.2) is 18.2 Å². The molecule has 2 rings (SSSR count). The van der Waals surface area contributed by atoms with Crippen molar-refractivity contribution in [2.24, 2.45) is 0 Å². The zero-order valence-electron chi connectivity index (χ0n) is 11.9. The second-order valence-electron chi connectivity index (χ2n) is 5.05. The molecule has 0 aliphatic carbocycles. The molecule has 6 heteroatoms. The van der Waals surface area contributed by atoms with E-state index in [9.17, 15) is 9.59 Å². The van der Waals surface area contributed by atoms with Gasteiger partial charge in [-0.2, -0.15) is 0 Å². The monoisotopic (exact) mass is 293 g/mol. The third-order valence-corrected chi connectivity index (χ3v) is 3.31. The van der Waals surface area contributed by atoms with E-state index in [4.69, 9.17) is 14.6 Å². The predicted molar refractivity (Wildman–Crippen MR) is 75.6 cm³/mol. The minimum Gasteiger partial charge on any atom is -0.483 e. The first-order valence-corrected chi connectivity index (χ1v) is 6.90. The number of carboxylic acid groups (broad SMARTS) is 1. The number of carboxylic acids is 1. The van der Waals surface area contributed by atoms with E-state index in [1.165, 1.54) is 6.07 Å². The molecule has 0 unspecified atom stereocenters. The van der Waals surface area contributed by atoms with E-state index in [0.29, 0.717) is 13.2 Å². The Labute approximate surface area is 123 Å². The van der Waals surface area contributed by atoms with Crippen molar-refractivity contribution >= 4 is 11.9 Å². The molecule has 1 aliphatic heterocycles. The molecule has 2 N–H and O–H groups in total. The number of benzene rings is 1. The Bertz CT molecular complexity index is 523. The van der Waals surface area contributed by atoms with Crippen LogP contribution < -0.4 is 10.1 Å². The smallest absolute Gasteiger partial charge is 0.339 e. The Kier molecular flexibility index (Phi) is 5.16. The van der Waals surface area contributed by atoms with Gasteiger partial charge in [0.1, 0.15) is 11.3 Å². The van der Waals surface area contributed by atoms with Crippen LogP contribution in [0, 0.1) is 6.92 Å². The second-order valence-corrected chi connectivity index (χ2v) is 5.05. The van der Waals surface area contributed by atoms with Crippen LogP contribution in [0.4, 0.5) is 0 Å². The average molecular weight is 293 g/mol. The van der Waals surface area contributed by atoms with Crippen LogP contribution in [-0.4, -0.2) is 42.8 Å².